The smallest absolute Gasteiger partial charge is 0.134 e. The van der Waals surface area contributed by atoms with Crippen molar-refractivity contribution in [1.82, 2.24) is 9.97 Å². The molecule has 1 unspecified atom stereocenters. The highest BCUT2D eigenvalue weighted by Crippen LogP contribution is 2.23. The molecular formula is C14H26N4. The fourth-order valence-corrected chi connectivity index (χ4v) is 1.73. The maximum atomic E-state index is 4.40. The van der Waals surface area contributed by atoms with E-state index in [1.165, 1.54) is 5.56 Å². The fourth-order valence-electron chi connectivity index (χ4n) is 1.73. The molecule has 4 heteroatoms. The lowest BCUT2D eigenvalue weighted by Crippen LogP contribution is -2.23. The molecular weight excluding hydrogens is 224 g/mol. The molecule has 0 amide bonds. The zero-order chi connectivity index (χ0) is 13.5. The molecule has 0 saturated carbocycles. The third kappa shape index (κ3) is 3.86. The predicted molar refractivity (Wildman–Crippen MR) is 78.1 cm³/mol. The molecule has 18 heavy (non-hydrogen) atoms. The van der Waals surface area contributed by atoms with E-state index >= 15 is 0 Å². The van der Waals surface area contributed by atoms with Crippen LogP contribution in [0.15, 0.2) is 6.33 Å². The number of hydrogen-bond acceptors (Lipinski definition) is 4. The van der Waals surface area contributed by atoms with Crippen molar-refractivity contribution >= 4 is 11.6 Å². The molecule has 0 saturated heterocycles. The van der Waals surface area contributed by atoms with Gasteiger partial charge in [0.25, 0.3) is 0 Å². The minimum atomic E-state index is 0.407. The molecule has 1 atom stereocenters. The van der Waals surface area contributed by atoms with Crippen molar-refractivity contribution in [1.29, 1.82) is 0 Å². The number of rotatable bonds is 7. The predicted octanol–water partition coefficient (Wildman–Crippen LogP) is 3.32. The number of anilines is 2. The first-order chi connectivity index (χ1) is 8.60. The molecule has 0 spiro atoms. The Morgan fingerprint density at radius 3 is 2.33 bits per heavy atom. The van der Waals surface area contributed by atoms with Crippen LogP contribution in [0, 0.1) is 5.92 Å². The monoisotopic (exact) mass is 250 g/mol. The van der Waals surface area contributed by atoms with E-state index in [9.17, 15) is 0 Å². The van der Waals surface area contributed by atoms with Gasteiger partial charge >= 0.3 is 0 Å². The standard InChI is InChI=1S/C14H26N4/c1-6-8-12-13(15-7-2)16-9-17-14(12)18-11(5)10(3)4/h9-11H,6-8H2,1-5H3,(H2,15,16,17,18). The van der Waals surface area contributed by atoms with Gasteiger partial charge in [-0.3, -0.25) is 0 Å². The average Bonchev–Trinajstić information content (AvgIpc) is 2.33. The second kappa shape index (κ2) is 7.19. The summed E-state index contributed by atoms with van der Waals surface area (Å²) < 4.78 is 0. The molecule has 1 aromatic rings. The Hall–Kier alpha value is -1.32. The largest absolute Gasteiger partial charge is 0.370 e. The molecule has 0 fully saturated rings. The van der Waals surface area contributed by atoms with Crippen LogP contribution in [0.4, 0.5) is 11.6 Å². The normalized spacial score (nSPS) is 12.6. The highest BCUT2D eigenvalue weighted by Gasteiger charge is 2.13. The van der Waals surface area contributed by atoms with E-state index in [2.05, 4.69) is 55.2 Å². The van der Waals surface area contributed by atoms with Gasteiger partial charge in [0.15, 0.2) is 0 Å². The summed E-state index contributed by atoms with van der Waals surface area (Å²) in [5.74, 6) is 2.52. The zero-order valence-electron chi connectivity index (χ0n) is 12.2. The number of nitrogens with one attached hydrogen (secondary N) is 2. The Kier molecular flexibility index (Phi) is 5.89. The second-order valence-corrected chi connectivity index (χ2v) is 5.01. The van der Waals surface area contributed by atoms with Crippen molar-refractivity contribution in [2.75, 3.05) is 17.2 Å². The van der Waals surface area contributed by atoms with Crippen molar-refractivity contribution in [2.45, 2.75) is 53.5 Å². The third-order valence-corrected chi connectivity index (χ3v) is 3.15. The van der Waals surface area contributed by atoms with Gasteiger partial charge in [-0.05, 0) is 26.2 Å². The summed E-state index contributed by atoms with van der Waals surface area (Å²) in [5.41, 5.74) is 1.20. The Labute approximate surface area is 111 Å². The maximum Gasteiger partial charge on any atom is 0.134 e. The molecule has 1 heterocycles. The molecule has 0 aromatic carbocycles. The molecule has 102 valence electrons. The zero-order valence-corrected chi connectivity index (χ0v) is 12.2. The van der Waals surface area contributed by atoms with Gasteiger partial charge in [-0.25, -0.2) is 9.97 Å². The van der Waals surface area contributed by atoms with Crippen LogP contribution in [0.25, 0.3) is 0 Å². The van der Waals surface area contributed by atoms with E-state index in [-0.39, 0.29) is 0 Å². The Balaban J connectivity index is 2.97. The van der Waals surface area contributed by atoms with Gasteiger partial charge in [-0.15, -0.1) is 0 Å². The summed E-state index contributed by atoms with van der Waals surface area (Å²) in [4.78, 5) is 8.74. The van der Waals surface area contributed by atoms with Gasteiger partial charge in [0.2, 0.25) is 0 Å². The first-order valence-corrected chi connectivity index (χ1v) is 6.94. The molecule has 2 N–H and O–H groups in total. The van der Waals surface area contributed by atoms with E-state index in [1.54, 1.807) is 6.33 Å². The quantitative estimate of drug-likeness (QED) is 0.779. The number of nitrogens with zero attached hydrogens (tertiary/aromatic N) is 2. The van der Waals surface area contributed by atoms with Crippen LogP contribution in [-0.2, 0) is 6.42 Å². The van der Waals surface area contributed by atoms with Gasteiger partial charge < -0.3 is 10.6 Å². The van der Waals surface area contributed by atoms with Gasteiger partial charge in [0, 0.05) is 18.2 Å². The fraction of sp³-hybridized carbons (Fsp3) is 0.714. The Morgan fingerprint density at radius 1 is 1.11 bits per heavy atom. The molecule has 1 rings (SSSR count). The molecule has 4 nitrogen and oxygen atoms in total. The maximum absolute atomic E-state index is 4.40. The van der Waals surface area contributed by atoms with Gasteiger partial charge in [0.05, 0.1) is 0 Å². The third-order valence-electron chi connectivity index (χ3n) is 3.15. The summed E-state index contributed by atoms with van der Waals surface area (Å²) >= 11 is 0. The first kappa shape index (κ1) is 14.7. The van der Waals surface area contributed by atoms with Crippen LogP contribution in [0.1, 0.15) is 46.6 Å². The number of hydrogen-bond donors (Lipinski definition) is 2. The van der Waals surface area contributed by atoms with Crippen LogP contribution in [0.3, 0.4) is 0 Å². The topological polar surface area (TPSA) is 49.8 Å². The SMILES string of the molecule is CCCc1c(NCC)ncnc1NC(C)C(C)C. The summed E-state index contributed by atoms with van der Waals surface area (Å²) in [5, 5.41) is 6.82. The van der Waals surface area contributed by atoms with E-state index in [0.29, 0.717) is 12.0 Å². The van der Waals surface area contributed by atoms with Crippen LogP contribution < -0.4 is 10.6 Å². The summed E-state index contributed by atoms with van der Waals surface area (Å²) in [6.45, 7) is 11.8. The lowest BCUT2D eigenvalue weighted by molar-refractivity contribution is 0.557. The minimum absolute atomic E-state index is 0.407. The molecule has 0 bridgehead atoms. The van der Waals surface area contributed by atoms with Crippen molar-refractivity contribution in [2.24, 2.45) is 5.92 Å². The lowest BCUT2D eigenvalue weighted by atomic mass is 10.1. The lowest BCUT2D eigenvalue weighted by Gasteiger charge is -2.21. The Bertz CT molecular complexity index is 363. The Morgan fingerprint density at radius 2 is 1.78 bits per heavy atom. The van der Waals surface area contributed by atoms with E-state index in [1.807, 2.05) is 0 Å². The molecule has 1 aromatic heterocycles. The van der Waals surface area contributed by atoms with Crippen molar-refractivity contribution in [3.63, 3.8) is 0 Å². The van der Waals surface area contributed by atoms with Crippen LogP contribution >= 0.6 is 0 Å². The van der Waals surface area contributed by atoms with Gasteiger partial charge in [0.1, 0.15) is 18.0 Å². The summed E-state index contributed by atoms with van der Waals surface area (Å²) in [6, 6.07) is 0.407. The van der Waals surface area contributed by atoms with Crippen molar-refractivity contribution in [3.05, 3.63) is 11.9 Å². The molecule has 0 radical (unpaired) electrons. The van der Waals surface area contributed by atoms with Crippen molar-refractivity contribution < 1.29 is 0 Å². The van der Waals surface area contributed by atoms with Crippen LogP contribution in [-0.4, -0.2) is 22.6 Å². The highest BCUT2D eigenvalue weighted by atomic mass is 15.1. The van der Waals surface area contributed by atoms with Crippen molar-refractivity contribution in [3.8, 4) is 0 Å². The first-order valence-electron chi connectivity index (χ1n) is 6.94. The molecule has 0 aliphatic carbocycles. The minimum Gasteiger partial charge on any atom is -0.370 e. The van der Waals surface area contributed by atoms with Gasteiger partial charge in [-0.2, -0.15) is 0 Å². The summed E-state index contributed by atoms with van der Waals surface area (Å²) in [7, 11) is 0. The second-order valence-electron chi connectivity index (χ2n) is 5.01. The molecule has 0 aliphatic rings. The average molecular weight is 250 g/mol. The van der Waals surface area contributed by atoms with E-state index in [0.717, 1.165) is 31.0 Å². The summed E-state index contributed by atoms with van der Waals surface area (Å²) in [6.07, 6.45) is 3.72. The number of aromatic nitrogens is 2. The van der Waals surface area contributed by atoms with E-state index < -0.39 is 0 Å². The highest BCUT2D eigenvalue weighted by molar-refractivity contribution is 5.57. The van der Waals surface area contributed by atoms with Crippen LogP contribution in [0.5, 0.6) is 0 Å². The van der Waals surface area contributed by atoms with E-state index in [4.69, 9.17) is 0 Å². The molecule has 0 aliphatic heterocycles. The van der Waals surface area contributed by atoms with Gasteiger partial charge in [-0.1, -0.05) is 27.2 Å². The van der Waals surface area contributed by atoms with Crippen LogP contribution in [0.2, 0.25) is 0 Å².